The normalized spacial score (nSPS) is 27.0. The Morgan fingerprint density at radius 1 is 0.880 bits per heavy atom. The van der Waals surface area contributed by atoms with E-state index in [1.807, 2.05) is 24.3 Å². The molecule has 2 nitrogen and oxygen atoms in total. The van der Waals surface area contributed by atoms with Crippen LogP contribution in [0.25, 0.3) is 0 Å². The molecule has 0 aromatic heterocycles. The molecule has 3 atom stereocenters. The molecule has 2 aromatic rings. The first kappa shape index (κ1) is 16.7. The van der Waals surface area contributed by atoms with Gasteiger partial charge in [-0.15, -0.1) is 0 Å². The minimum atomic E-state index is -0.171. The van der Waals surface area contributed by atoms with E-state index in [0.717, 1.165) is 39.0 Å². The number of hydrogen-bond donors (Lipinski definition) is 1. The minimum absolute atomic E-state index is 0.166. The number of rotatable bonds is 4. The molecule has 4 heteroatoms. The third-order valence-corrected chi connectivity index (χ3v) is 5.66. The highest BCUT2D eigenvalue weighted by molar-refractivity contribution is 5.23. The molecule has 2 saturated heterocycles. The zero-order chi connectivity index (χ0) is 17.2. The average molecular weight is 342 g/mol. The Kier molecular flexibility index (Phi) is 4.82. The third-order valence-electron chi connectivity index (χ3n) is 5.66. The van der Waals surface area contributed by atoms with Crippen molar-refractivity contribution in [1.29, 1.82) is 0 Å². The molecular formula is C21H24F2N2. The van der Waals surface area contributed by atoms with E-state index < -0.39 is 0 Å². The van der Waals surface area contributed by atoms with Gasteiger partial charge in [-0.1, -0.05) is 24.3 Å². The lowest BCUT2D eigenvalue weighted by Gasteiger charge is -2.21. The molecule has 1 N–H and O–H groups in total. The van der Waals surface area contributed by atoms with E-state index in [-0.39, 0.29) is 11.6 Å². The maximum Gasteiger partial charge on any atom is 0.123 e. The SMILES string of the molecule is Fc1ccc([C@@H]2CN[C@H](CN3CC[C@H](c4ccc(F)cc4)C3)C2)cc1. The average Bonchev–Trinajstić information content (AvgIpc) is 3.27. The van der Waals surface area contributed by atoms with Crippen molar-refractivity contribution in [2.45, 2.75) is 30.7 Å². The van der Waals surface area contributed by atoms with Crippen molar-refractivity contribution in [2.75, 3.05) is 26.2 Å². The molecule has 2 fully saturated rings. The second-order valence-electron chi connectivity index (χ2n) is 7.39. The van der Waals surface area contributed by atoms with Gasteiger partial charge in [0, 0.05) is 25.7 Å². The fourth-order valence-electron chi connectivity index (χ4n) is 4.26. The van der Waals surface area contributed by atoms with Crippen LogP contribution in [0.4, 0.5) is 8.78 Å². The van der Waals surface area contributed by atoms with Crippen molar-refractivity contribution in [3.63, 3.8) is 0 Å². The van der Waals surface area contributed by atoms with Gasteiger partial charge in [-0.2, -0.15) is 0 Å². The second kappa shape index (κ2) is 7.22. The molecule has 4 rings (SSSR count). The fourth-order valence-corrected chi connectivity index (χ4v) is 4.26. The zero-order valence-corrected chi connectivity index (χ0v) is 14.3. The molecule has 0 saturated carbocycles. The van der Waals surface area contributed by atoms with E-state index in [0.29, 0.717) is 17.9 Å². The van der Waals surface area contributed by atoms with E-state index in [4.69, 9.17) is 0 Å². The van der Waals surface area contributed by atoms with Gasteiger partial charge < -0.3 is 10.2 Å². The fraction of sp³-hybridized carbons (Fsp3) is 0.429. The van der Waals surface area contributed by atoms with Gasteiger partial charge in [-0.25, -0.2) is 8.78 Å². The summed E-state index contributed by atoms with van der Waals surface area (Å²) in [6.07, 6.45) is 2.24. The Hall–Kier alpha value is -1.78. The molecular weight excluding hydrogens is 318 g/mol. The highest BCUT2D eigenvalue weighted by atomic mass is 19.1. The summed E-state index contributed by atoms with van der Waals surface area (Å²) in [5, 5.41) is 3.62. The van der Waals surface area contributed by atoms with Crippen molar-refractivity contribution < 1.29 is 8.78 Å². The van der Waals surface area contributed by atoms with Gasteiger partial charge in [0.15, 0.2) is 0 Å². The number of likely N-dealkylation sites (tertiary alicyclic amines) is 1. The van der Waals surface area contributed by atoms with Gasteiger partial charge in [0.2, 0.25) is 0 Å². The van der Waals surface area contributed by atoms with Crippen LogP contribution in [0.3, 0.4) is 0 Å². The van der Waals surface area contributed by atoms with Crippen LogP contribution in [0.15, 0.2) is 48.5 Å². The molecule has 0 bridgehead atoms. The van der Waals surface area contributed by atoms with Crippen LogP contribution < -0.4 is 5.32 Å². The summed E-state index contributed by atoms with van der Waals surface area (Å²) in [5.41, 5.74) is 2.47. The number of nitrogens with one attached hydrogen (secondary N) is 1. The van der Waals surface area contributed by atoms with Gasteiger partial charge in [-0.05, 0) is 66.6 Å². The van der Waals surface area contributed by atoms with E-state index in [2.05, 4.69) is 10.2 Å². The Morgan fingerprint density at radius 2 is 1.48 bits per heavy atom. The first-order valence-electron chi connectivity index (χ1n) is 9.14. The highest BCUT2D eigenvalue weighted by Crippen LogP contribution is 2.30. The second-order valence-corrected chi connectivity index (χ2v) is 7.39. The molecule has 0 unspecified atom stereocenters. The predicted molar refractivity (Wildman–Crippen MR) is 95.7 cm³/mol. The Balaban J connectivity index is 1.30. The molecule has 2 heterocycles. The van der Waals surface area contributed by atoms with Crippen LogP contribution in [0.1, 0.15) is 35.8 Å². The van der Waals surface area contributed by atoms with Crippen molar-refractivity contribution in [3.05, 3.63) is 71.3 Å². The molecule has 25 heavy (non-hydrogen) atoms. The zero-order valence-electron chi connectivity index (χ0n) is 14.3. The molecule has 2 aromatic carbocycles. The molecule has 0 spiro atoms. The van der Waals surface area contributed by atoms with Gasteiger partial charge in [0.1, 0.15) is 11.6 Å². The molecule has 2 aliphatic heterocycles. The van der Waals surface area contributed by atoms with E-state index in [9.17, 15) is 8.78 Å². The predicted octanol–water partition coefficient (Wildman–Crippen LogP) is 3.90. The van der Waals surface area contributed by atoms with E-state index in [1.165, 1.54) is 11.1 Å². The topological polar surface area (TPSA) is 15.3 Å². The van der Waals surface area contributed by atoms with Crippen LogP contribution in [-0.2, 0) is 0 Å². The standard InChI is InChI=1S/C21H24F2N2/c22-19-5-1-15(2-6-19)17-9-10-25(13-17)14-21-11-18(12-24-21)16-3-7-20(23)8-4-16/h1-8,17-18,21,24H,9-14H2/t17-,18-,21-/m0/s1. The first-order valence-corrected chi connectivity index (χ1v) is 9.14. The summed E-state index contributed by atoms with van der Waals surface area (Å²) in [5.74, 6) is 0.645. The van der Waals surface area contributed by atoms with Crippen LogP contribution in [0, 0.1) is 11.6 Å². The van der Waals surface area contributed by atoms with Crippen molar-refractivity contribution in [2.24, 2.45) is 0 Å². The largest absolute Gasteiger partial charge is 0.312 e. The monoisotopic (exact) mass is 342 g/mol. The highest BCUT2D eigenvalue weighted by Gasteiger charge is 2.30. The smallest absolute Gasteiger partial charge is 0.123 e. The van der Waals surface area contributed by atoms with Crippen LogP contribution >= 0.6 is 0 Å². The molecule has 0 radical (unpaired) electrons. The maximum atomic E-state index is 13.1. The number of benzene rings is 2. The van der Waals surface area contributed by atoms with Crippen molar-refractivity contribution >= 4 is 0 Å². The maximum absolute atomic E-state index is 13.1. The quantitative estimate of drug-likeness (QED) is 0.907. The molecule has 132 valence electrons. The van der Waals surface area contributed by atoms with E-state index in [1.54, 1.807) is 24.3 Å². The lowest BCUT2D eigenvalue weighted by Crippen LogP contribution is -2.36. The van der Waals surface area contributed by atoms with Gasteiger partial charge >= 0.3 is 0 Å². The summed E-state index contributed by atoms with van der Waals surface area (Å²) in [6.45, 7) is 4.16. The lowest BCUT2D eigenvalue weighted by atomic mass is 9.96. The molecule has 2 aliphatic rings. The third kappa shape index (κ3) is 3.91. The Morgan fingerprint density at radius 3 is 2.12 bits per heavy atom. The number of nitrogens with zero attached hydrogens (tertiary/aromatic N) is 1. The van der Waals surface area contributed by atoms with E-state index >= 15 is 0 Å². The first-order chi connectivity index (χ1) is 12.2. The van der Waals surface area contributed by atoms with Crippen LogP contribution in [0.5, 0.6) is 0 Å². The Labute approximate surface area is 147 Å². The van der Waals surface area contributed by atoms with Crippen molar-refractivity contribution in [3.8, 4) is 0 Å². The minimum Gasteiger partial charge on any atom is -0.312 e. The van der Waals surface area contributed by atoms with Crippen LogP contribution in [0.2, 0.25) is 0 Å². The Bertz CT molecular complexity index is 637. The number of halogens is 2. The molecule has 0 amide bonds. The number of hydrogen-bond acceptors (Lipinski definition) is 2. The summed E-state index contributed by atoms with van der Waals surface area (Å²) >= 11 is 0. The van der Waals surface area contributed by atoms with Gasteiger partial charge in [0.25, 0.3) is 0 Å². The van der Waals surface area contributed by atoms with Crippen LogP contribution in [-0.4, -0.2) is 37.1 Å². The summed E-state index contributed by atoms with van der Waals surface area (Å²) in [7, 11) is 0. The summed E-state index contributed by atoms with van der Waals surface area (Å²) < 4.78 is 26.2. The van der Waals surface area contributed by atoms with Gasteiger partial charge in [0.05, 0.1) is 0 Å². The molecule has 0 aliphatic carbocycles. The summed E-state index contributed by atoms with van der Waals surface area (Å²) in [4.78, 5) is 2.51. The lowest BCUT2D eigenvalue weighted by molar-refractivity contribution is 0.299. The van der Waals surface area contributed by atoms with Crippen molar-refractivity contribution in [1.82, 2.24) is 10.2 Å². The summed E-state index contributed by atoms with van der Waals surface area (Å²) in [6, 6.07) is 14.4. The van der Waals surface area contributed by atoms with Gasteiger partial charge in [-0.3, -0.25) is 0 Å².